The fourth-order valence-electron chi connectivity index (χ4n) is 7.29. The monoisotopic (exact) mass is 582 g/mol. The van der Waals surface area contributed by atoms with Crippen molar-refractivity contribution in [1.29, 1.82) is 0 Å². The van der Waals surface area contributed by atoms with Gasteiger partial charge in [-0.15, -0.1) is 0 Å². The van der Waals surface area contributed by atoms with E-state index in [1.807, 2.05) is 36.4 Å². The van der Waals surface area contributed by atoms with Gasteiger partial charge in [-0.25, -0.2) is 4.98 Å². The number of carbonyl (C=O) groups is 2. The number of benzene rings is 2. The average molecular weight is 583 g/mol. The minimum absolute atomic E-state index is 0.0678. The molecule has 2 aliphatic carbocycles. The van der Waals surface area contributed by atoms with Gasteiger partial charge in [0, 0.05) is 12.6 Å². The lowest BCUT2D eigenvalue weighted by Gasteiger charge is -2.54. The molecule has 2 aromatic carbocycles. The molecule has 5 rings (SSSR count). The van der Waals surface area contributed by atoms with E-state index in [2.05, 4.69) is 66.8 Å². The molecule has 2 aliphatic rings. The highest BCUT2D eigenvalue weighted by molar-refractivity contribution is 7.80. The minimum Gasteiger partial charge on any atom is -0.350 e. The number of nitrogens with zero attached hydrogens (tertiary/aromatic N) is 1. The minimum atomic E-state index is -0.691. The molecule has 0 aliphatic heterocycles. The predicted octanol–water partition coefficient (Wildman–Crippen LogP) is 6.46. The number of hydrogen-bond acceptors (Lipinski definition) is 4. The molecule has 3 aromatic rings. The third-order valence-electron chi connectivity index (χ3n) is 9.61. The standard InChI is InChI=1S/C35H42N4O2S/c1-23(2)25-14-16-27-26(22-25)15-17-29-34(27,3)18-10-19-35(29,4)32(41)39-33(42)37-28(21-24-11-6-5-7-12-24)31(40)38-30-13-8-9-20-36-30/h5-9,11-14,16,20,22-23,28-29H,10,15,17-19,21H2,1-4H3,(H,36,38,40)(H2,37,39,41,42)/t28-,29+,34+,35+/m0/s1. The largest absolute Gasteiger partial charge is 0.350 e. The number of nitrogens with one attached hydrogen (secondary N) is 3. The van der Waals surface area contributed by atoms with E-state index in [0.717, 1.165) is 37.7 Å². The van der Waals surface area contributed by atoms with Gasteiger partial charge >= 0.3 is 0 Å². The summed E-state index contributed by atoms with van der Waals surface area (Å²) in [7, 11) is 0. The number of pyridine rings is 1. The second kappa shape index (κ2) is 12.3. The molecular formula is C35H42N4O2S. The third-order valence-corrected chi connectivity index (χ3v) is 9.83. The van der Waals surface area contributed by atoms with Crippen LogP contribution in [0.3, 0.4) is 0 Å². The maximum absolute atomic E-state index is 14.0. The molecule has 6 nitrogen and oxygen atoms in total. The second-order valence-electron chi connectivity index (χ2n) is 12.7. The highest BCUT2D eigenvalue weighted by Gasteiger charge is 2.55. The van der Waals surface area contributed by atoms with Gasteiger partial charge in [-0.1, -0.05) is 88.7 Å². The molecule has 3 N–H and O–H groups in total. The van der Waals surface area contributed by atoms with Crippen LogP contribution >= 0.6 is 12.2 Å². The third kappa shape index (κ3) is 6.12. The first-order valence-corrected chi connectivity index (χ1v) is 15.5. The summed E-state index contributed by atoms with van der Waals surface area (Å²) in [5.41, 5.74) is 4.55. The number of hydrogen-bond donors (Lipinski definition) is 3. The van der Waals surface area contributed by atoms with Crippen molar-refractivity contribution in [2.45, 2.75) is 83.6 Å². The quantitative estimate of drug-likeness (QED) is 0.279. The first-order chi connectivity index (χ1) is 20.1. The van der Waals surface area contributed by atoms with Crippen molar-refractivity contribution in [3.8, 4) is 0 Å². The molecule has 1 heterocycles. The zero-order valence-electron chi connectivity index (χ0n) is 25.1. The summed E-state index contributed by atoms with van der Waals surface area (Å²) in [5.74, 6) is 0.821. The smallest absolute Gasteiger partial charge is 0.248 e. The average Bonchev–Trinajstić information content (AvgIpc) is 2.97. The van der Waals surface area contributed by atoms with Gasteiger partial charge in [-0.3, -0.25) is 9.59 Å². The molecule has 220 valence electrons. The Morgan fingerprint density at radius 2 is 1.79 bits per heavy atom. The van der Waals surface area contributed by atoms with E-state index in [4.69, 9.17) is 12.2 Å². The Hall–Kier alpha value is -3.58. The van der Waals surface area contributed by atoms with E-state index in [-0.39, 0.29) is 28.3 Å². The van der Waals surface area contributed by atoms with Crippen LogP contribution in [-0.4, -0.2) is 28.0 Å². The molecule has 2 amide bonds. The molecule has 0 unspecified atom stereocenters. The number of carbonyl (C=O) groups excluding carboxylic acids is 2. The van der Waals surface area contributed by atoms with Crippen molar-refractivity contribution in [1.82, 2.24) is 15.6 Å². The van der Waals surface area contributed by atoms with Crippen molar-refractivity contribution in [2.24, 2.45) is 11.3 Å². The summed E-state index contributed by atoms with van der Waals surface area (Å²) < 4.78 is 0. The molecule has 7 heteroatoms. The number of aryl methyl sites for hydroxylation is 1. The van der Waals surface area contributed by atoms with Gasteiger partial charge in [0.1, 0.15) is 11.9 Å². The normalized spacial score (nSPS) is 23.7. The second-order valence-corrected chi connectivity index (χ2v) is 13.1. The lowest BCUT2D eigenvalue weighted by molar-refractivity contribution is -0.137. The molecule has 4 atom stereocenters. The first kappa shape index (κ1) is 29.9. The van der Waals surface area contributed by atoms with E-state index in [0.29, 0.717) is 18.2 Å². The Bertz CT molecular complexity index is 1440. The van der Waals surface area contributed by atoms with Crippen LogP contribution in [0.5, 0.6) is 0 Å². The Balaban J connectivity index is 1.32. The van der Waals surface area contributed by atoms with Crippen LogP contribution in [0.2, 0.25) is 0 Å². The van der Waals surface area contributed by atoms with Gasteiger partial charge < -0.3 is 16.0 Å². The zero-order valence-corrected chi connectivity index (χ0v) is 25.9. The number of rotatable bonds is 7. The Morgan fingerprint density at radius 1 is 1.02 bits per heavy atom. The topological polar surface area (TPSA) is 83.1 Å². The molecule has 0 spiro atoms. The van der Waals surface area contributed by atoms with Gasteiger partial charge in [0.15, 0.2) is 5.11 Å². The number of fused-ring (bicyclic) bond motifs is 3. The predicted molar refractivity (Wildman–Crippen MR) is 172 cm³/mol. The van der Waals surface area contributed by atoms with Crippen LogP contribution in [0.4, 0.5) is 5.82 Å². The summed E-state index contributed by atoms with van der Waals surface area (Å²) in [6.45, 7) is 8.93. The SMILES string of the molecule is CC(C)c1ccc2c(c1)CC[C@H]1[C@](C)(C(=O)NC(=S)N[C@@H](Cc3ccccc3)C(=O)Nc3ccccn3)CCC[C@]21C. The molecular weight excluding hydrogens is 540 g/mol. The van der Waals surface area contributed by atoms with Crippen LogP contribution in [-0.2, 0) is 27.8 Å². The number of amides is 2. The molecule has 0 bridgehead atoms. The summed E-state index contributed by atoms with van der Waals surface area (Å²) in [6, 6.07) is 21.4. The fraction of sp³-hybridized carbons (Fsp3) is 0.429. The van der Waals surface area contributed by atoms with E-state index in [1.54, 1.807) is 18.3 Å². The van der Waals surface area contributed by atoms with E-state index in [9.17, 15) is 9.59 Å². The fourth-order valence-corrected chi connectivity index (χ4v) is 7.53. The molecule has 42 heavy (non-hydrogen) atoms. The summed E-state index contributed by atoms with van der Waals surface area (Å²) in [6.07, 6.45) is 6.85. The summed E-state index contributed by atoms with van der Waals surface area (Å²) in [4.78, 5) is 31.6. The summed E-state index contributed by atoms with van der Waals surface area (Å²) in [5, 5.41) is 9.19. The highest BCUT2D eigenvalue weighted by atomic mass is 32.1. The lowest BCUT2D eigenvalue weighted by atomic mass is 9.49. The van der Waals surface area contributed by atoms with Gasteiger partial charge in [0.05, 0.1) is 5.41 Å². The van der Waals surface area contributed by atoms with Crippen molar-refractivity contribution in [3.63, 3.8) is 0 Å². The molecule has 0 saturated heterocycles. The summed E-state index contributed by atoms with van der Waals surface area (Å²) >= 11 is 5.66. The van der Waals surface area contributed by atoms with Crippen LogP contribution in [0.15, 0.2) is 72.9 Å². The molecule has 1 saturated carbocycles. The van der Waals surface area contributed by atoms with Gasteiger partial charge in [0.2, 0.25) is 11.8 Å². The Labute approximate surface area is 255 Å². The number of anilines is 1. The number of aromatic nitrogens is 1. The van der Waals surface area contributed by atoms with Crippen LogP contribution in [0.25, 0.3) is 0 Å². The zero-order chi connectivity index (χ0) is 29.9. The molecule has 0 radical (unpaired) electrons. The maximum Gasteiger partial charge on any atom is 0.248 e. The lowest BCUT2D eigenvalue weighted by Crippen LogP contribution is -2.58. The van der Waals surface area contributed by atoms with Gasteiger partial charge in [-0.05, 0) is 89.5 Å². The van der Waals surface area contributed by atoms with Crippen LogP contribution in [0.1, 0.15) is 81.5 Å². The Morgan fingerprint density at radius 3 is 2.50 bits per heavy atom. The van der Waals surface area contributed by atoms with Crippen molar-refractivity contribution >= 4 is 35.0 Å². The van der Waals surface area contributed by atoms with E-state index < -0.39 is 11.5 Å². The van der Waals surface area contributed by atoms with Crippen molar-refractivity contribution in [2.75, 3.05) is 5.32 Å². The number of thiocarbonyl (C=S) groups is 1. The van der Waals surface area contributed by atoms with Gasteiger partial charge in [-0.2, -0.15) is 0 Å². The van der Waals surface area contributed by atoms with E-state index >= 15 is 0 Å². The maximum atomic E-state index is 14.0. The van der Waals surface area contributed by atoms with E-state index in [1.165, 1.54) is 16.7 Å². The van der Waals surface area contributed by atoms with Gasteiger partial charge in [0.25, 0.3) is 0 Å². The van der Waals surface area contributed by atoms with Crippen LogP contribution < -0.4 is 16.0 Å². The Kier molecular flexibility index (Phi) is 8.78. The first-order valence-electron chi connectivity index (χ1n) is 15.1. The van der Waals surface area contributed by atoms with Crippen LogP contribution in [0, 0.1) is 11.3 Å². The highest BCUT2D eigenvalue weighted by Crippen LogP contribution is 2.57. The van der Waals surface area contributed by atoms with Crippen molar-refractivity contribution in [3.05, 3.63) is 95.2 Å². The van der Waals surface area contributed by atoms with Crippen molar-refractivity contribution < 1.29 is 9.59 Å². The molecule has 1 fully saturated rings. The molecule has 1 aromatic heterocycles.